The number of hydrogen-bond acceptors (Lipinski definition) is 6. The van der Waals surface area contributed by atoms with E-state index in [1.54, 1.807) is 19.1 Å². The molecule has 0 amide bonds. The third-order valence-corrected chi connectivity index (χ3v) is 6.13. The average molecular weight is 553 g/mol. The zero-order valence-electron chi connectivity index (χ0n) is 21.2. The standard InChI is InChI=1S/C29H28N2O7.ClH/c1-19(14-27(33)34)31(16-20-8-4-2-5-9-20)17-24(32)22-12-13-25(37-18-21-10-6-3-7-11-21)28-23(22)15-26(30-28)38-29(35)36;/h2-13,15,19,30H,14,16-18H2,1H3,(H,33,34)(H,35,36);1H. The molecule has 1 aromatic heterocycles. The van der Waals surface area contributed by atoms with Gasteiger partial charge in [0, 0.05) is 29.6 Å². The molecule has 0 saturated heterocycles. The van der Waals surface area contributed by atoms with Crippen LogP contribution < -0.4 is 9.47 Å². The molecule has 0 aliphatic carbocycles. The highest BCUT2D eigenvalue weighted by Crippen LogP contribution is 2.33. The number of carbonyl (C=O) groups excluding carboxylic acids is 1. The van der Waals surface area contributed by atoms with Gasteiger partial charge in [-0.15, -0.1) is 12.4 Å². The van der Waals surface area contributed by atoms with Crippen LogP contribution in [0.1, 0.15) is 34.8 Å². The Balaban J connectivity index is 0.00000420. The maximum Gasteiger partial charge on any atom is 0.512 e. The molecule has 1 unspecified atom stereocenters. The first-order valence-electron chi connectivity index (χ1n) is 12.1. The molecule has 0 fully saturated rings. The molecule has 1 atom stereocenters. The summed E-state index contributed by atoms with van der Waals surface area (Å²) in [5, 5.41) is 18.9. The number of rotatable bonds is 12. The number of fused-ring (bicyclic) bond motifs is 1. The number of aliphatic carboxylic acids is 1. The number of H-pyrrole nitrogens is 1. The number of Topliss-reactive ketones (excluding diaryl/α,β-unsaturated/α-hetero) is 1. The van der Waals surface area contributed by atoms with Crippen LogP contribution in [0.4, 0.5) is 4.79 Å². The predicted molar refractivity (Wildman–Crippen MR) is 148 cm³/mol. The zero-order chi connectivity index (χ0) is 27.1. The molecule has 0 aliphatic rings. The summed E-state index contributed by atoms with van der Waals surface area (Å²) in [6.45, 7) is 2.40. The summed E-state index contributed by atoms with van der Waals surface area (Å²) in [5.41, 5.74) is 2.66. The second-order valence-corrected chi connectivity index (χ2v) is 8.94. The molecule has 3 N–H and O–H groups in total. The number of ether oxygens (including phenoxy) is 2. The van der Waals surface area contributed by atoms with E-state index in [2.05, 4.69) is 4.98 Å². The number of carboxylic acid groups (broad SMARTS) is 2. The Bertz CT molecular complexity index is 1420. The molecule has 0 saturated carbocycles. The lowest BCUT2D eigenvalue weighted by Gasteiger charge is -2.27. The van der Waals surface area contributed by atoms with Crippen molar-refractivity contribution in [3.05, 3.63) is 95.6 Å². The summed E-state index contributed by atoms with van der Waals surface area (Å²) < 4.78 is 10.8. The molecule has 10 heteroatoms. The fourth-order valence-electron chi connectivity index (χ4n) is 4.25. The van der Waals surface area contributed by atoms with E-state index in [4.69, 9.17) is 14.6 Å². The number of halogens is 1. The Morgan fingerprint density at radius 1 is 0.923 bits per heavy atom. The van der Waals surface area contributed by atoms with Crippen molar-refractivity contribution in [3.8, 4) is 11.6 Å². The lowest BCUT2D eigenvalue weighted by Crippen LogP contribution is -2.38. The topological polar surface area (TPSA) is 129 Å². The highest BCUT2D eigenvalue weighted by atomic mass is 35.5. The summed E-state index contributed by atoms with van der Waals surface area (Å²) in [6.07, 6.45) is -1.62. The lowest BCUT2D eigenvalue weighted by molar-refractivity contribution is -0.138. The van der Waals surface area contributed by atoms with Gasteiger partial charge in [-0.2, -0.15) is 0 Å². The van der Waals surface area contributed by atoms with Gasteiger partial charge in [0.05, 0.1) is 18.5 Å². The molecule has 204 valence electrons. The highest BCUT2D eigenvalue weighted by Gasteiger charge is 2.23. The third kappa shape index (κ3) is 7.83. The van der Waals surface area contributed by atoms with Gasteiger partial charge in [-0.25, -0.2) is 4.79 Å². The molecule has 9 nitrogen and oxygen atoms in total. The molecule has 3 aromatic carbocycles. The monoisotopic (exact) mass is 552 g/mol. The summed E-state index contributed by atoms with van der Waals surface area (Å²) in [5.74, 6) is -0.816. The minimum atomic E-state index is -1.49. The van der Waals surface area contributed by atoms with Crippen molar-refractivity contribution in [1.29, 1.82) is 0 Å². The van der Waals surface area contributed by atoms with Crippen LogP contribution in [0.15, 0.2) is 78.9 Å². The Kier molecular flexibility index (Phi) is 10.1. The molecule has 1 heterocycles. The first-order chi connectivity index (χ1) is 18.3. The number of nitrogens with zero attached hydrogens (tertiary/aromatic N) is 1. The normalized spacial score (nSPS) is 11.5. The Hall–Kier alpha value is -4.34. The molecule has 0 bridgehead atoms. The summed E-state index contributed by atoms with van der Waals surface area (Å²) in [7, 11) is 0. The van der Waals surface area contributed by atoms with E-state index < -0.39 is 18.2 Å². The van der Waals surface area contributed by atoms with E-state index in [0.29, 0.717) is 28.8 Å². The van der Waals surface area contributed by atoms with Crippen molar-refractivity contribution < 1.29 is 34.1 Å². The first kappa shape index (κ1) is 29.2. The molecule has 39 heavy (non-hydrogen) atoms. The van der Waals surface area contributed by atoms with Gasteiger partial charge in [0.25, 0.3) is 0 Å². The molecule has 0 spiro atoms. The maximum atomic E-state index is 13.6. The molecule has 0 radical (unpaired) electrons. The zero-order valence-corrected chi connectivity index (χ0v) is 22.0. The second-order valence-electron chi connectivity index (χ2n) is 8.94. The second kappa shape index (κ2) is 13.5. The van der Waals surface area contributed by atoms with E-state index in [1.165, 1.54) is 6.07 Å². The van der Waals surface area contributed by atoms with Crippen LogP contribution in [0.2, 0.25) is 0 Å². The van der Waals surface area contributed by atoms with Crippen LogP contribution in [0, 0.1) is 0 Å². The maximum absolute atomic E-state index is 13.6. The number of aromatic nitrogens is 1. The van der Waals surface area contributed by atoms with Gasteiger partial charge in [-0.05, 0) is 30.2 Å². The minimum absolute atomic E-state index is 0. The number of nitrogens with one attached hydrogen (secondary N) is 1. The quantitative estimate of drug-likeness (QED) is 0.149. The van der Waals surface area contributed by atoms with Crippen LogP contribution >= 0.6 is 12.4 Å². The van der Waals surface area contributed by atoms with E-state index in [-0.39, 0.29) is 43.6 Å². The molecular weight excluding hydrogens is 524 g/mol. The minimum Gasteiger partial charge on any atom is -0.487 e. The fourth-order valence-corrected chi connectivity index (χ4v) is 4.25. The first-order valence-corrected chi connectivity index (χ1v) is 12.1. The summed E-state index contributed by atoms with van der Waals surface area (Å²) >= 11 is 0. The highest BCUT2D eigenvalue weighted by molar-refractivity contribution is 6.10. The average Bonchev–Trinajstić information content (AvgIpc) is 3.30. The number of hydrogen-bond donors (Lipinski definition) is 3. The molecule has 4 rings (SSSR count). The van der Waals surface area contributed by atoms with Crippen molar-refractivity contribution in [3.63, 3.8) is 0 Å². The van der Waals surface area contributed by atoms with Crippen molar-refractivity contribution >= 4 is 41.2 Å². The largest absolute Gasteiger partial charge is 0.512 e. The van der Waals surface area contributed by atoms with Crippen molar-refractivity contribution in [1.82, 2.24) is 9.88 Å². The van der Waals surface area contributed by atoms with Gasteiger partial charge >= 0.3 is 12.1 Å². The van der Waals surface area contributed by atoms with Crippen molar-refractivity contribution in [2.24, 2.45) is 0 Å². The number of aromatic amines is 1. The van der Waals surface area contributed by atoms with E-state index in [9.17, 15) is 19.5 Å². The van der Waals surface area contributed by atoms with Gasteiger partial charge in [0.2, 0.25) is 5.88 Å². The van der Waals surface area contributed by atoms with Crippen LogP contribution in [-0.2, 0) is 17.9 Å². The third-order valence-electron chi connectivity index (χ3n) is 6.13. The van der Waals surface area contributed by atoms with Crippen LogP contribution in [0.25, 0.3) is 10.9 Å². The van der Waals surface area contributed by atoms with Crippen LogP contribution in [-0.4, -0.2) is 50.6 Å². The van der Waals surface area contributed by atoms with Gasteiger partial charge in [0.1, 0.15) is 12.4 Å². The number of carbonyl (C=O) groups is 3. The molecule has 0 aliphatic heterocycles. The van der Waals surface area contributed by atoms with E-state index in [1.807, 2.05) is 65.6 Å². The number of ketones is 1. The van der Waals surface area contributed by atoms with Gasteiger partial charge in [0.15, 0.2) is 5.78 Å². The van der Waals surface area contributed by atoms with Crippen LogP contribution in [0.3, 0.4) is 0 Å². The number of carboxylic acids is 1. The SMILES string of the molecule is CC(CC(=O)O)N(CC(=O)c1ccc(OCc2ccccc2)c2[nH]c(OC(=O)O)cc12)Cc1ccccc1.Cl. The van der Waals surface area contributed by atoms with Gasteiger partial charge < -0.3 is 24.7 Å². The van der Waals surface area contributed by atoms with E-state index in [0.717, 1.165) is 11.1 Å². The van der Waals surface area contributed by atoms with Crippen molar-refractivity contribution in [2.75, 3.05) is 6.54 Å². The Morgan fingerprint density at radius 3 is 2.18 bits per heavy atom. The summed E-state index contributed by atoms with van der Waals surface area (Å²) in [6, 6.07) is 23.4. The van der Waals surface area contributed by atoms with Crippen LogP contribution in [0.5, 0.6) is 11.6 Å². The molecular formula is C29H29ClN2O7. The smallest absolute Gasteiger partial charge is 0.487 e. The molecule has 4 aromatic rings. The fraction of sp³-hybridized carbons (Fsp3) is 0.207. The van der Waals surface area contributed by atoms with Gasteiger partial charge in [-0.1, -0.05) is 60.7 Å². The Labute approximate surface area is 231 Å². The Morgan fingerprint density at radius 2 is 1.56 bits per heavy atom. The van der Waals surface area contributed by atoms with Crippen molar-refractivity contribution in [2.45, 2.75) is 32.5 Å². The van der Waals surface area contributed by atoms with E-state index >= 15 is 0 Å². The number of benzene rings is 3. The lowest BCUT2D eigenvalue weighted by atomic mass is 10.0. The van der Waals surface area contributed by atoms with Gasteiger partial charge in [-0.3, -0.25) is 14.5 Å². The predicted octanol–water partition coefficient (Wildman–Crippen LogP) is 5.77. The summed E-state index contributed by atoms with van der Waals surface area (Å²) in [4.78, 5) is 40.8.